The van der Waals surface area contributed by atoms with Crippen molar-refractivity contribution < 1.29 is 0 Å². The quantitative estimate of drug-likeness (QED) is 0.0138. The largest absolute Gasteiger partial charge is 0.354 e. The van der Waals surface area contributed by atoms with Gasteiger partial charge in [0.15, 0.2) is 0 Å². The normalized spacial score (nSPS) is 10.5. The van der Waals surface area contributed by atoms with Gasteiger partial charge in [0.1, 0.15) is 0 Å². The zero-order chi connectivity index (χ0) is 57.5. The fourth-order valence-corrected chi connectivity index (χ4v) is 7.95. The van der Waals surface area contributed by atoms with E-state index in [9.17, 15) is 0 Å². The topological polar surface area (TPSA) is 299 Å². The summed E-state index contributed by atoms with van der Waals surface area (Å²) in [6, 6.07) is 32.6. The lowest BCUT2D eigenvalue weighted by molar-refractivity contribution is 1.01. The second-order valence-electron chi connectivity index (χ2n) is 17.6. The summed E-state index contributed by atoms with van der Waals surface area (Å²) in [4.78, 5) is 55.1. The number of rotatable bonds is 32. The van der Waals surface area contributed by atoms with Crippen molar-refractivity contribution in [2.45, 2.75) is 27.7 Å². The average Bonchev–Trinajstić information content (AvgIpc) is 3.59. The van der Waals surface area contributed by atoms with Crippen LogP contribution in [0, 0.1) is 0 Å². The van der Waals surface area contributed by atoms with E-state index in [-0.39, 0.29) is 0 Å². The Balaban J connectivity index is 1.25. The fourth-order valence-electron chi connectivity index (χ4n) is 7.95. The minimum Gasteiger partial charge on any atom is -0.354 e. The lowest BCUT2D eigenvalue weighted by atomic mass is 9.85. The first-order valence-electron chi connectivity index (χ1n) is 26.8. The lowest BCUT2D eigenvalue weighted by Gasteiger charge is -2.20. The molecule has 0 fully saturated rings. The Morgan fingerprint density at radius 3 is 0.610 bits per heavy atom. The summed E-state index contributed by atoms with van der Waals surface area (Å²) >= 11 is 0. The molecule has 12 N–H and O–H groups in total. The van der Waals surface area contributed by atoms with E-state index < -0.39 is 0 Å². The van der Waals surface area contributed by atoms with Crippen LogP contribution in [0.25, 0.3) is 11.1 Å². The Labute approximate surface area is 477 Å². The van der Waals surface area contributed by atoms with Crippen LogP contribution in [-0.4, -0.2) is 112 Å². The summed E-state index contributed by atoms with van der Waals surface area (Å²) in [5, 5.41) is 39.0. The first kappa shape index (κ1) is 57.4. The van der Waals surface area contributed by atoms with Gasteiger partial charge in [-0.15, -0.1) is 26.3 Å². The molecule has 24 nitrogen and oxygen atoms in total. The lowest BCUT2D eigenvalue weighted by Crippen LogP contribution is -2.11. The molecule has 24 heteroatoms. The molecule has 0 saturated heterocycles. The van der Waals surface area contributed by atoms with Crippen molar-refractivity contribution in [1.29, 1.82) is 0 Å². The number of hydrogen-bond acceptors (Lipinski definition) is 24. The molecule has 0 aliphatic heterocycles. The van der Waals surface area contributed by atoms with Gasteiger partial charge in [-0.25, -0.2) is 0 Å². The number of nitrogens with zero attached hydrogens (tertiary/aromatic N) is 12. The second kappa shape index (κ2) is 29.3. The van der Waals surface area contributed by atoms with Crippen molar-refractivity contribution in [2.24, 2.45) is 0 Å². The van der Waals surface area contributed by atoms with Gasteiger partial charge < -0.3 is 63.8 Å². The number of benzene rings is 4. The van der Waals surface area contributed by atoms with Crippen LogP contribution in [0.2, 0.25) is 0 Å². The smallest absolute Gasteiger partial charge is 0.233 e. The fraction of sp³-hybridized carbons (Fsp3) is 0.207. The molecule has 0 saturated carbocycles. The Morgan fingerprint density at radius 1 is 0.268 bits per heavy atom. The number of aromatic nitrogens is 12. The standard InChI is InChI=1S/C58H68N24/c1-9-33-63-51-71-47(59-13-5)75-55(79-51)67-41-25-17-37(18-26-41)45(38-19-27-42(28-20-38)68-56-76-48(60-14-6)72-52(80-56)64-34-10-2)46(39-21-29-43(30-22-39)69-57-77-49(61-15-7)73-53(81-57)65-35-11-3)40-23-31-44(32-24-40)70-58-78-50(62-16-8)74-54(82-58)66-36-12-4/h9-12,17-32H,1-4,13-16,33-36H2,5-8H3,(H3,59,63,67,71,75,79)(H3,60,64,68,72,76,80)(H3,61,65,69,73,77,81)(H3,62,66,70,74,78,82). The molecule has 4 aromatic heterocycles. The number of nitrogens with one attached hydrogen (secondary N) is 12. The molecule has 0 bridgehead atoms. The van der Waals surface area contributed by atoms with Crippen molar-refractivity contribution >= 4 is 105 Å². The van der Waals surface area contributed by atoms with Crippen molar-refractivity contribution in [1.82, 2.24) is 59.8 Å². The van der Waals surface area contributed by atoms with Crippen LogP contribution < -0.4 is 63.8 Å². The van der Waals surface area contributed by atoms with Crippen molar-refractivity contribution in [3.05, 3.63) is 170 Å². The van der Waals surface area contributed by atoms with Gasteiger partial charge in [-0.05, 0) is 110 Å². The van der Waals surface area contributed by atoms with Crippen molar-refractivity contribution in [2.75, 3.05) is 116 Å². The van der Waals surface area contributed by atoms with E-state index in [4.69, 9.17) is 0 Å². The Morgan fingerprint density at radius 2 is 0.439 bits per heavy atom. The van der Waals surface area contributed by atoms with Crippen LogP contribution in [0.5, 0.6) is 0 Å². The molecular weight excluding hydrogens is 1030 g/mol. The molecule has 8 aromatic rings. The summed E-state index contributed by atoms with van der Waals surface area (Å²) in [6.45, 7) is 27.7. The first-order chi connectivity index (χ1) is 40.2. The van der Waals surface area contributed by atoms with E-state index in [2.05, 4.69) is 198 Å². The summed E-state index contributed by atoms with van der Waals surface area (Å²) < 4.78 is 0. The Hall–Kier alpha value is -10.8. The van der Waals surface area contributed by atoms with Gasteiger partial charge >= 0.3 is 0 Å². The van der Waals surface area contributed by atoms with Gasteiger partial charge in [-0.2, -0.15) is 59.8 Å². The molecule has 0 spiro atoms. The Bertz CT molecular complexity index is 2990. The molecule has 4 aromatic carbocycles. The zero-order valence-electron chi connectivity index (χ0n) is 46.4. The molecule has 0 radical (unpaired) electrons. The second-order valence-corrected chi connectivity index (χ2v) is 17.6. The van der Waals surface area contributed by atoms with E-state index in [0.29, 0.717) is 124 Å². The first-order valence-corrected chi connectivity index (χ1v) is 26.8. The Kier molecular flexibility index (Phi) is 20.5. The SMILES string of the molecule is C=CCNc1nc(NCC)nc(Nc2ccc(C(=C(c3ccc(Nc4nc(NCC)nc(NCC=C)n4)cc3)c3ccc(Nc4nc(NCC)nc(NCC=C)n4)cc3)c3ccc(Nc4nc(NCC)nc(NCC=C)n4)cc3)cc2)n1. The highest BCUT2D eigenvalue weighted by Crippen LogP contribution is 2.39. The van der Waals surface area contributed by atoms with Gasteiger partial charge in [0.05, 0.1) is 0 Å². The van der Waals surface area contributed by atoms with Crippen LogP contribution in [0.1, 0.15) is 49.9 Å². The monoisotopic (exact) mass is 1100 g/mol. The molecule has 420 valence electrons. The maximum atomic E-state index is 4.63. The van der Waals surface area contributed by atoms with Gasteiger partial charge in [0, 0.05) is 75.1 Å². The van der Waals surface area contributed by atoms with Crippen molar-refractivity contribution in [3.63, 3.8) is 0 Å². The third kappa shape index (κ3) is 16.2. The highest BCUT2D eigenvalue weighted by Gasteiger charge is 2.19. The van der Waals surface area contributed by atoms with Gasteiger partial charge in [0.25, 0.3) is 0 Å². The third-order valence-corrected chi connectivity index (χ3v) is 11.5. The predicted octanol–water partition coefficient (Wildman–Crippen LogP) is 10.5. The maximum absolute atomic E-state index is 4.63. The van der Waals surface area contributed by atoms with E-state index in [1.165, 1.54) is 0 Å². The van der Waals surface area contributed by atoms with Gasteiger partial charge in [-0.3, -0.25) is 0 Å². The minimum absolute atomic E-state index is 0.366. The maximum Gasteiger partial charge on any atom is 0.233 e. The van der Waals surface area contributed by atoms with Crippen LogP contribution in [-0.2, 0) is 0 Å². The number of hydrogen-bond donors (Lipinski definition) is 12. The summed E-state index contributed by atoms with van der Waals surface area (Å²) in [5.74, 6) is 4.84. The van der Waals surface area contributed by atoms with E-state index in [1.807, 2.05) is 76.2 Å². The van der Waals surface area contributed by atoms with Crippen LogP contribution in [0.4, 0.5) is 94.1 Å². The molecule has 0 unspecified atom stereocenters. The van der Waals surface area contributed by atoms with E-state index in [0.717, 1.165) is 56.1 Å². The van der Waals surface area contributed by atoms with E-state index in [1.54, 1.807) is 24.3 Å². The number of anilines is 16. The highest BCUT2D eigenvalue weighted by atomic mass is 15.3. The predicted molar refractivity (Wildman–Crippen MR) is 335 cm³/mol. The molecule has 0 aliphatic rings. The van der Waals surface area contributed by atoms with Crippen LogP contribution in [0.15, 0.2) is 148 Å². The van der Waals surface area contributed by atoms with Crippen LogP contribution in [0.3, 0.4) is 0 Å². The summed E-state index contributed by atoms with van der Waals surface area (Å²) in [5.41, 5.74) is 8.52. The average molecular weight is 1100 g/mol. The van der Waals surface area contributed by atoms with Crippen molar-refractivity contribution in [3.8, 4) is 0 Å². The zero-order valence-corrected chi connectivity index (χ0v) is 46.4. The molecule has 0 aliphatic carbocycles. The molecule has 0 amide bonds. The molecule has 82 heavy (non-hydrogen) atoms. The highest BCUT2D eigenvalue weighted by molar-refractivity contribution is 6.05. The van der Waals surface area contributed by atoms with Gasteiger partial charge in [0.2, 0.25) is 71.4 Å². The summed E-state index contributed by atoms with van der Waals surface area (Å²) in [7, 11) is 0. The molecule has 8 rings (SSSR count). The molecule has 4 heterocycles. The molecular formula is C58H68N24. The van der Waals surface area contributed by atoms with Gasteiger partial charge in [-0.1, -0.05) is 72.8 Å². The minimum atomic E-state index is 0.366. The third-order valence-electron chi connectivity index (χ3n) is 11.5. The van der Waals surface area contributed by atoms with E-state index >= 15 is 0 Å². The summed E-state index contributed by atoms with van der Waals surface area (Å²) in [6.07, 6.45) is 6.97. The van der Waals surface area contributed by atoms with Crippen LogP contribution >= 0.6 is 0 Å². The molecule has 0 atom stereocenters.